The lowest BCUT2D eigenvalue weighted by Gasteiger charge is -2.07. The van der Waals surface area contributed by atoms with Gasteiger partial charge in [-0.2, -0.15) is 0 Å². The van der Waals surface area contributed by atoms with Gasteiger partial charge in [-0.15, -0.1) is 11.3 Å². The van der Waals surface area contributed by atoms with Gasteiger partial charge in [-0.3, -0.25) is 4.79 Å². The highest BCUT2D eigenvalue weighted by Gasteiger charge is 2.24. The topological polar surface area (TPSA) is 55.1 Å². The van der Waals surface area contributed by atoms with Gasteiger partial charge in [0.05, 0.1) is 4.88 Å². The average Bonchev–Trinajstić information content (AvgIpc) is 3.22. The molecule has 5 rings (SSSR count). The molecule has 4 nitrogen and oxygen atoms in total. The minimum absolute atomic E-state index is 0.0973. The van der Waals surface area contributed by atoms with Gasteiger partial charge in [0, 0.05) is 22.7 Å². The van der Waals surface area contributed by atoms with Gasteiger partial charge in [0.2, 0.25) is 0 Å². The predicted molar refractivity (Wildman–Crippen MR) is 99.3 cm³/mol. The molecule has 0 spiro atoms. The van der Waals surface area contributed by atoms with Crippen LogP contribution in [0, 0.1) is 5.82 Å². The van der Waals surface area contributed by atoms with Crippen LogP contribution in [0.3, 0.4) is 0 Å². The molecule has 0 saturated carbocycles. The molecule has 2 aromatic carbocycles. The van der Waals surface area contributed by atoms with Crippen LogP contribution in [0.4, 0.5) is 10.1 Å². The molecule has 0 atom stereocenters. The van der Waals surface area contributed by atoms with Crippen molar-refractivity contribution >= 4 is 33.9 Å². The summed E-state index contributed by atoms with van der Waals surface area (Å²) < 4.78 is 19.2. The Hall–Kier alpha value is -2.99. The molecular weight excluding hydrogens is 351 g/mol. The second-order valence-corrected chi connectivity index (χ2v) is 7.20. The number of nitrogens with one attached hydrogen (secondary N) is 1. The van der Waals surface area contributed by atoms with Crippen LogP contribution in [0.1, 0.15) is 21.1 Å². The molecule has 128 valence electrons. The van der Waals surface area contributed by atoms with E-state index >= 15 is 0 Å². The summed E-state index contributed by atoms with van der Waals surface area (Å²) in [6.07, 6.45) is 0.767. The van der Waals surface area contributed by atoms with Crippen molar-refractivity contribution in [1.29, 1.82) is 0 Å². The van der Waals surface area contributed by atoms with E-state index < -0.39 is 0 Å². The maximum Gasteiger partial charge on any atom is 0.270 e. The second kappa shape index (κ2) is 5.78. The maximum absolute atomic E-state index is 13.5. The van der Waals surface area contributed by atoms with E-state index in [2.05, 4.69) is 10.3 Å². The molecule has 1 aliphatic heterocycles. The number of aromatic nitrogens is 1. The molecule has 0 radical (unpaired) electrons. The van der Waals surface area contributed by atoms with Gasteiger partial charge in [-0.05, 0) is 48.4 Å². The number of hydrogen-bond donors (Lipinski definition) is 1. The number of fused-ring (bicyclic) bond motifs is 4. The highest BCUT2D eigenvalue weighted by molar-refractivity contribution is 7.17. The standard InChI is InChI=1S/C20H13FN2O2S/c21-12-5-6-13-15(10-12)22-8-7-11-9-17(26-19(11)13)18(24)20-23-14-3-1-2-4-16(14)25-20/h1-6,9-10,22H,7-8H2. The van der Waals surface area contributed by atoms with Crippen LogP contribution in [0.15, 0.2) is 52.9 Å². The summed E-state index contributed by atoms with van der Waals surface area (Å²) in [7, 11) is 0. The van der Waals surface area contributed by atoms with Crippen LogP contribution >= 0.6 is 11.3 Å². The van der Waals surface area contributed by atoms with Gasteiger partial charge in [0.25, 0.3) is 11.7 Å². The third kappa shape index (κ3) is 2.42. The number of halogens is 1. The number of rotatable bonds is 2. The molecule has 6 heteroatoms. The Morgan fingerprint density at radius 3 is 2.96 bits per heavy atom. The molecule has 0 saturated heterocycles. The Morgan fingerprint density at radius 2 is 2.08 bits per heavy atom. The van der Waals surface area contributed by atoms with E-state index in [1.165, 1.54) is 23.5 Å². The fourth-order valence-electron chi connectivity index (χ4n) is 3.22. The predicted octanol–water partition coefficient (Wildman–Crippen LogP) is 4.89. The normalized spacial score (nSPS) is 13.0. The fraction of sp³-hybridized carbons (Fsp3) is 0.100. The fourth-order valence-corrected chi connectivity index (χ4v) is 4.40. The minimum Gasteiger partial charge on any atom is -0.433 e. The third-order valence-corrected chi connectivity index (χ3v) is 5.67. The maximum atomic E-state index is 13.5. The zero-order valence-corrected chi connectivity index (χ0v) is 14.4. The average molecular weight is 364 g/mol. The molecule has 26 heavy (non-hydrogen) atoms. The van der Waals surface area contributed by atoms with Crippen LogP contribution < -0.4 is 5.32 Å². The van der Waals surface area contributed by atoms with Crippen LogP contribution in [0.5, 0.6) is 0 Å². The molecule has 0 fully saturated rings. The molecule has 3 heterocycles. The number of carbonyl (C=O) groups is 1. The summed E-state index contributed by atoms with van der Waals surface area (Å²) in [6.45, 7) is 0.691. The molecule has 1 N–H and O–H groups in total. The molecule has 0 bridgehead atoms. The number of benzene rings is 2. The van der Waals surface area contributed by atoms with E-state index in [9.17, 15) is 9.18 Å². The first-order valence-electron chi connectivity index (χ1n) is 8.26. The molecule has 1 aliphatic rings. The number of para-hydroxylation sites is 2. The Bertz CT molecular complexity index is 1130. The number of anilines is 1. The van der Waals surface area contributed by atoms with Crippen molar-refractivity contribution in [3.8, 4) is 10.4 Å². The number of ketones is 1. The highest BCUT2D eigenvalue weighted by atomic mass is 32.1. The molecular formula is C20H13FN2O2S. The van der Waals surface area contributed by atoms with E-state index in [-0.39, 0.29) is 17.5 Å². The third-order valence-electron chi connectivity index (χ3n) is 4.46. The number of oxazole rings is 1. The number of nitrogens with zero attached hydrogens (tertiary/aromatic N) is 1. The lowest BCUT2D eigenvalue weighted by molar-refractivity contribution is 0.101. The van der Waals surface area contributed by atoms with E-state index in [0.717, 1.165) is 28.1 Å². The van der Waals surface area contributed by atoms with Crippen molar-refractivity contribution in [3.05, 3.63) is 70.7 Å². The summed E-state index contributed by atoms with van der Waals surface area (Å²) in [4.78, 5) is 18.7. The van der Waals surface area contributed by atoms with E-state index in [0.29, 0.717) is 22.5 Å². The molecule has 0 aliphatic carbocycles. The van der Waals surface area contributed by atoms with Gasteiger partial charge in [-0.25, -0.2) is 9.37 Å². The molecule has 0 unspecified atom stereocenters. The molecule has 4 aromatic rings. The summed E-state index contributed by atoms with van der Waals surface area (Å²) in [5.41, 5.74) is 4.01. The van der Waals surface area contributed by atoms with Crippen molar-refractivity contribution in [2.75, 3.05) is 11.9 Å². The quantitative estimate of drug-likeness (QED) is 0.514. The SMILES string of the molecule is O=C(c1nc2ccccc2o1)c1cc2c(s1)-c1ccc(F)cc1NCC2. The van der Waals surface area contributed by atoms with Gasteiger partial charge < -0.3 is 9.73 Å². The lowest BCUT2D eigenvalue weighted by atomic mass is 10.1. The summed E-state index contributed by atoms with van der Waals surface area (Å²) >= 11 is 1.40. The number of carbonyl (C=O) groups excluding carboxylic acids is 1. The van der Waals surface area contributed by atoms with E-state index in [4.69, 9.17) is 4.42 Å². The summed E-state index contributed by atoms with van der Waals surface area (Å²) in [5.74, 6) is -0.407. The minimum atomic E-state index is -0.279. The number of hydrogen-bond acceptors (Lipinski definition) is 5. The van der Waals surface area contributed by atoms with Gasteiger partial charge in [-0.1, -0.05) is 12.1 Å². The van der Waals surface area contributed by atoms with Crippen LogP contribution in [-0.2, 0) is 6.42 Å². The van der Waals surface area contributed by atoms with Crippen molar-refractivity contribution in [2.24, 2.45) is 0 Å². The lowest BCUT2D eigenvalue weighted by Crippen LogP contribution is -2.03. The zero-order chi connectivity index (χ0) is 17.7. The molecule has 2 aromatic heterocycles. The van der Waals surface area contributed by atoms with E-state index in [1.807, 2.05) is 24.3 Å². The van der Waals surface area contributed by atoms with Gasteiger partial charge >= 0.3 is 0 Å². The highest BCUT2D eigenvalue weighted by Crippen LogP contribution is 2.40. The Labute approximate surface area is 152 Å². The Balaban J connectivity index is 1.59. The summed E-state index contributed by atoms with van der Waals surface area (Å²) in [6, 6.07) is 13.9. The van der Waals surface area contributed by atoms with Crippen molar-refractivity contribution in [3.63, 3.8) is 0 Å². The van der Waals surface area contributed by atoms with Crippen molar-refractivity contribution in [1.82, 2.24) is 4.98 Å². The Kier molecular flexibility index (Phi) is 3.39. The summed E-state index contributed by atoms with van der Waals surface area (Å²) in [5, 5.41) is 3.25. The first-order valence-corrected chi connectivity index (χ1v) is 9.07. The largest absolute Gasteiger partial charge is 0.433 e. The first kappa shape index (κ1) is 15.3. The molecule has 0 amide bonds. The van der Waals surface area contributed by atoms with Crippen LogP contribution in [0.25, 0.3) is 21.5 Å². The van der Waals surface area contributed by atoms with E-state index in [1.54, 1.807) is 12.1 Å². The van der Waals surface area contributed by atoms with Crippen molar-refractivity contribution < 1.29 is 13.6 Å². The van der Waals surface area contributed by atoms with Crippen LogP contribution in [-0.4, -0.2) is 17.3 Å². The van der Waals surface area contributed by atoms with Gasteiger partial charge in [0.1, 0.15) is 11.3 Å². The number of thiophene rings is 1. The second-order valence-electron chi connectivity index (χ2n) is 6.15. The zero-order valence-electron chi connectivity index (χ0n) is 13.6. The van der Waals surface area contributed by atoms with Crippen LogP contribution in [0.2, 0.25) is 0 Å². The monoisotopic (exact) mass is 364 g/mol. The smallest absolute Gasteiger partial charge is 0.270 e. The van der Waals surface area contributed by atoms with Gasteiger partial charge in [0.15, 0.2) is 5.58 Å². The first-order chi connectivity index (χ1) is 12.7. The van der Waals surface area contributed by atoms with Crippen molar-refractivity contribution in [2.45, 2.75) is 6.42 Å². The Morgan fingerprint density at radius 1 is 1.19 bits per heavy atom.